The zero-order valence-corrected chi connectivity index (χ0v) is 19.6. The molecule has 1 unspecified atom stereocenters. The highest BCUT2D eigenvalue weighted by atomic mass is 28.3. The zero-order valence-electron chi connectivity index (χ0n) is 18.6. The molecule has 0 aliphatic rings. The lowest BCUT2D eigenvalue weighted by Crippen LogP contribution is -2.42. The van der Waals surface area contributed by atoms with E-state index in [4.69, 9.17) is 9.40 Å². The standard InChI is InChI=1S/C26H31NOSi/c1-17(26(2,3)4)20-15-22(27-16-25(20)29(5,6)7)18-12-13-24-21(14-18)19-10-8-9-11-23(19)28-24/h8-17H,1-7H3. The number of pyridine rings is 1. The van der Waals surface area contributed by atoms with Crippen LogP contribution in [0, 0.1) is 5.41 Å². The quantitative estimate of drug-likeness (QED) is 0.336. The van der Waals surface area contributed by atoms with E-state index < -0.39 is 8.07 Å². The van der Waals surface area contributed by atoms with Crippen molar-refractivity contribution < 1.29 is 4.42 Å². The second-order valence-corrected chi connectivity index (χ2v) is 15.3. The van der Waals surface area contributed by atoms with E-state index in [1.54, 1.807) is 0 Å². The molecule has 0 aliphatic heterocycles. The molecule has 0 N–H and O–H groups in total. The Hall–Kier alpha value is -2.39. The Morgan fingerprint density at radius 1 is 0.897 bits per heavy atom. The molecule has 150 valence electrons. The van der Waals surface area contributed by atoms with Crippen LogP contribution in [0.5, 0.6) is 0 Å². The smallest absolute Gasteiger partial charge is 0.135 e. The summed E-state index contributed by atoms with van der Waals surface area (Å²) in [6, 6.07) is 17.0. The Bertz CT molecular complexity index is 1190. The number of aromatic nitrogens is 1. The van der Waals surface area contributed by atoms with E-state index in [0.717, 1.165) is 33.2 Å². The van der Waals surface area contributed by atoms with Crippen molar-refractivity contribution in [1.82, 2.24) is 4.98 Å². The van der Waals surface area contributed by atoms with E-state index in [0.29, 0.717) is 5.92 Å². The van der Waals surface area contributed by atoms with Gasteiger partial charge in [0.15, 0.2) is 0 Å². The van der Waals surface area contributed by atoms with Gasteiger partial charge in [-0.1, -0.05) is 65.5 Å². The van der Waals surface area contributed by atoms with Crippen LogP contribution in [0.15, 0.2) is 59.1 Å². The first-order chi connectivity index (χ1) is 13.6. The Kier molecular flexibility index (Phi) is 4.70. The fourth-order valence-corrected chi connectivity index (χ4v) is 5.57. The third-order valence-electron chi connectivity index (χ3n) is 6.18. The van der Waals surface area contributed by atoms with Crippen molar-refractivity contribution in [3.8, 4) is 11.3 Å². The van der Waals surface area contributed by atoms with Gasteiger partial charge in [0.05, 0.1) is 13.8 Å². The predicted molar refractivity (Wildman–Crippen MR) is 128 cm³/mol. The topological polar surface area (TPSA) is 26.0 Å². The fourth-order valence-electron chi connectivity index (χ4n) is 3.97. The minimum Gasteiger partial charge on any atom is -0.456 e. The summed E-state index contributed by atoms with van der Waals surface area (Å²) in [5, 5.41) is 3.78. The molecule has 0 fully saturated rings. The summed E-state index contributed by atoms with van der Waals surface area (Å²) in [7, 11) is -1.49. The molecule has 0 aliphatic carbocycles. The van der Waals surface area contributed by atoms with Crippen molar-refractivity contribution in [1.29, 1.82) is 0 Å². The van der Waals surface area contributed by atoms with Crippen LogP contribution in [-0.4, -0.2) is 13.1 Å². The predicted octanol–water partition coefficient (Wildman–Crippen LogP) is 7.34. The second kappa shape index (κ2) is 6.84. The van der Waals surface area contributed by atoms with E-state index >= 15 is 0 Å². The van der Waals surface area contributed by atoms with Gasteiger partial charge in [-0.25, -0.2) is 0 Å². The molecule has 1 atom stereocenters. The van der Waals surface area contributed by atoms with Gasteiger partial charge in [0.1, 0.15) is 11.2 Å². The Labute approximate surface area is 175 Å². The van der Waals surface area contributed by atoms with Crippen LogP contribution in [-0.2, 0) is 0 Å². The Balaban J connectivity index is 1.90. The first-order valence-corrected chi connectivity index (χ1v) is 14.0. The molecule has 0 saturated heterocycles. The summed E-state index contributed by atoms with van der Waals surface area (Å²) in [5.41, 5.74) is 5.72. The van der Waals surface area contributed by atoms with Crippen molar-refractivity contribution in [2.45, 2.75) is 53.3 Å². The molecule has 0 saturated carbocycles. The number of benzene rings is 2. The van der Waals surface area contributed by atoms with Gasteiger partial charge in [-0.2, -0.15) is 0 Å². The molecule has 2 aromatic heterocycles. The summed E-state index contributed by atoms with van der Waals surface area (Å²) in [4.78, 5) is 4.92. The maximum absolute atomic E-state index is 6.00. The van der Waals surface area contributed by atoms with Gasteiger partial charge in [0.25, 0.3) is 0 Å². The van der Waals surface area contributed by atoms with Gasteiger partial charge in [-0.05, 0) is 52.4 Å². The van der Waals surface area contributed by atoms with Gasteiger partial charge < -0.3 is 4.42 Å². The molecule has 2 aromatic carbocycles. The maximum Gasteiger partial charge on any atom is 0.135 e. The van der Waals surface area contributed by atoms with Crippen LogP contribution in [0.3, 0.4) is 0 Å². The minimum absolute atomic E-state index is 0.206. The number of hydrogen-bond donors (Lipinski definition) is 0. The number of para-hydroxylation sites is 1. The Morgan fingerprint density at radius 3 is 2.28 bits per heavy atom. The lowest BCUT2D eigenvalue weighted by Gasteiger charge is -2.32. The van der Waals surface area contributed by atoms with Crippen molar-refractivity contribution in [3.05, 3.63) is 60.3 Å². The molecule has 2 nitrogen and oxygen atoms in total. The van der Waals surface area contributed by atoms with E-state index in [2.05, 4.69) is 89.9 Å². The van der Waals surface area contributed by atoms with Crippen LogP contribution in [0.2, 0.25) is 19.6 Å². The number of fused-ring (bicyclic) bond motifs is 3. The van der Waals surface area contributed by atoms with Crippen LogP contribution < -0.4 is 5.19 Å². The molecular weight excluding hydrogens is 370 g/mol. The third-order valence-corrected chi connectivity index (χ3v) is 8.22. The van der Waals surface area contributed by atoms with Crippen molar-refractivity contribution in [3.63, 3.8) is 0 Å². The molecular formula is C26H31NOSi. The van der Waals surface area contributed by atoms with Crippen molar-refractivity contribution in [2.24, 2.45) is 5.41 Å². The van der Waals surface area contributed by atoms with E-state index in [1.165, 1.54) is 10.8 Å². The summed E-state index contributed by atoms with van der Waals surface area (Å²) in [6.07, 6.45) is 2.15. The number of nitrogens with zero attached hydrogens (tertiary/aromatic N) is 1. The molecule has 3 heteroatoms. The summed E-state index contributed by atoms with van der Waals surface area (Å²) in [5.74, 6) is 0.462. The molecule has 0 bridgehead atoms. The first-order valence-electron chi connectivity index (χ1n) is 10.5. The summed E-state index contributed by atoms with van der Waals surface area (Å²) in [6.45, 7) is 16.6. The number of furan rings is 1. The summed E-state index contributed by atoms with van der Waals surface area (Å²) >= 11 is 0. The number of rotatable bonds is 3. The lowest BCUT2D eigenvalue weighted by atomic mass is 9.78. The van der Waals surface area contributed by atoms with E-state index in [1.807, 2.05) is 12.1 Å². The van der Waals surface area contributed by atoms with Crippen molar-refractivity contribution >= 4 is 35.2 Å². The van der Waals surface area contributed by atoms with E-state index in [9.17, 15) is 0 Å². The molecule has 29 heavy (non-hydrogen) atoms. The first kappa shape index (κ1) is 19.9. The molecule has 2 heterocycles. The van der Waals surface area contributed by atoms with Gasteiger partial charge in [-0.15, -0.1) is 0 Å². The maximum atomic E-state index is 6.00. The summed E-state index contributed by atoms with van der Waals surface area (Å²) < 4.78 is 6.00. The molecule has 4 rings (SSSR count). The van der Waals surface area contributed by atoms with Crippen LogP contribution in [0.4, 0.5) is 0 Å². The highest BCUT2D eigenvalue weighted by molar-refractivity contribution is 6.89. The molecule has 0 spiro atoms. The van der Waals surface area contributed by atoms with Crippen LogP contribution in [0.25, 0.3) is 33.2 Å². The average molecular weight is 402 g/mol. The normalized spacial score (nSPS) is 13.9. The van der Waals surface area contributed by atoms with Crippen LogP contribution in [0.1, 0.15) is 39.2 Å². The number of hydrogen-bond acceptors (Lipinski definition) is 2. The molecule has 0 radical (unpaired) electrons. The van der Waals surface area contributed by atoms with Gasteiger partial charge >= 0.3 is 0 Å². The fraction of sp³-hybridized carbons (Fsp3) is 0.346. The third kappa shape index (κ3) is 3.64. The molecule has 0 amide bonds. The van der Waals surface area contributed by atoms with Gasteiger partial charge in [0, 0.05) is 22.5 Å². The van der Waals surface area contributed by atoms with Crippen molar-refractivity contribution in [2.75, 3.05) is 0 Å². The van der Waals surface area contributed by atoms with Crippen LogP contribution >= 0.6 is 0 Å². The lowest BCUT2D eigenvalue weighted by molar-refractivity contribution is 0.340. The minimum atomic E-state index is -1.49. The van der Waals surface area contributed by atoms with E-state index in [-0.39, 0.29) is 5.41 Å². The Morgan fingerprint density at radius 2 is 1.59 bits per heavy atom. The zero-order chi connectivity index (χ0) is 21.0. The molecule has 4 aromatic rings. The highest BCUT2D eigenvalue weighted by Gasteiger charge is 2.29. The monoisotopic (exact) mass is 401 g/mol. The van der Waals surface area contributed by atoms with Gasteiger partial charge in [0.2, 0.25) is 0 Å². The second-order valence-electron chi connectivity index (χ2n) is 10.3. The average Bonchev–Trinajstić information content (AvgIpc) is 3.03. The SMILES string of the molecule is CC(c1cc(-c2ccc3oc4ccccc4c3c2)ncc1[Si](C)(C)C)C(C)(C)C. The largest absolute Gasteiger partial charge is 0.456 e. The van der Waals surface area contributed by atoms with Gasteiger partial charge in [-0.3, -0.25) is 4.98 Å². The highest BCUT2D eigenvalue weighted by Crippen LogP contribution is 2.37.